The SMILES string of the molecule is CC(C)n1nc(-c2nc(N3CCNCC3)c(N)nc2-c2ccccc2)ccc1=O. The van der Waals surface area contributed by atoms with E-state index in [2.05, 4.69) is 15.3 Å². The molecule has 3 N–H and O–H groups in total. The van der Waals surface area contributed by atoms with Crippen molar-refractivity contribution in [3.8, 4) is 22.6 Å². The second-order valence-electron chi connectivity index (χ2n) is 7.33. The van der Waals surface area contributed by atoms with Gasteiger partial charge in [0.05, 0.1) is 6.04 Å². The van der Waals surface area contributed by atoms with Gasteiger partial charge in [0.1, 0.15) is 17.1 Å². The summed E-state index contributed by atoms with van der Waals surface area (Å²) in [6, 6.07) is 13.0. The Morgan fingerprint density at radius 1 is 1.00 bits per heavy atom. The molecule has 0 unspecified atom stereocenters. The average Bonchev–Trinajstić information content (AvgIpc) is 2.75. The summed E-state index contributed by atoms with van der Waals surface area (Å²) in [5.41, 5.74) is 8.96. The van der Waals surface area contributed by atoms with Crippen LogP contribution < -0.4 is 21.5 Å². The molecule has 0 amide bonds. The molecule has 1 aliphatic rings. The molecule has 1 saturated heterocycles. The van der Waals surface area contributed by atoms with Crippen LogP contribution in [0, 0.1) is 0 Å². The van der Waals surface area contributed by atoms with Gasteiger partial charge in [-0.1, -0.05) is 30.3 Å². The highest BCUT2D eigenvalue weighted by Gasteiger charge is 2.22. The molecule has 0 radical (unpaired) electrons. The highest BCUT2D eigenvalue weighted by Crippen LogP contribution is 2.32. The molecule has 0 saturated carbocycles. The first-order valence-electron chi connectivity index (χ1n) is 9.83. The van der Waals surface area contributed by atoms with Gasteiger partial charge in [-0.3, -0.25) is 4.79 Å². The molecule has 1 aromatic carbocycles. The van der Waals surface area contributed by atoms with E-state index in [4.69, 9.17) is 15.7 Å². The second kappa shape index (κ2) is 8.00. The molecule has 8 heteroatoms. The van der Waals surface area contributed by atoms with E-state index in [1.807, 2.05) is 44.2 Å². The molecular weight excluding hydrogens is 366 g/mol. The Bertz CT molecular complexity index is 1060. The van der Waals surface area contributed by atoms with Crippen LogP contribution in [0.1, 0.15) is 19.9 Å². The Labute approximate surface area is 169 Å². The summed E-state index contributed by atoms with van der Waals surface area (Å²) >= 11 is 0. The maximum Gasteiger partial charge on any atom is 0.267 e. The van der Waals surface area contributed by atoms with Crippen LogP contribution in [-0.2, 0) is 0 Å². The zero-order valence-electron chi connectivity index (χ0n) is 16.7. The monoisotopic (exact) mass is 391 g/mol. The average molecular weight is 391 g/mol. The van der Waals surface area contributed by atoms with Crippen LogP contribution in [0.2, 0.25) is 0 Å². The van der Waals surface area contributed by atoms with Crippen molar-refractivity contribution in [2.75, 3.05) is 36.8 Å². The topological polar surface area (TPSA) is 102 Å². The minimum absolute atomic E-state index is 0.0583. The molecule has 2 aromatic heterocycles. The fourth-order valence-corrected chi connectivity index (χ4v) is 3.45. The van der Waals surface area contributed by atoms with E-state index in [1.54, 1.807) is 6.07 Å². The molecule has 4 rings (SSSR count). The molecule has 8 nitrogen and oxygen atoms in total. The Kier molecular flexibility index (Phi) is 5.26. The number of piperazine rings is 1. The molecule has 0 atom stereocenters. The number of nitrogens with two attached hydrogens (primary N) is 1. The zero-order valence-corrected chi connectivity index (χ0v) is 16.7. The first kappa shape index (κ1) is 19.1. The van der Waals surface area contributed by atoms with E-state index < -0.39 is 0 Å². The number of nitrogens with zero attached hydrogens (tertiary/aromatic N) is 5. The van der Waals surface area contributed by atoms with Crippen LogP contribution in [0.15, 0.2) is 47.3 Å². The van der Waals surface area contributed by atoms with E-state index in [-0.39, 0.29) is 11.6 Å². The lowest BCUT2D eigenvalue weighted by Crippen LogP contribution is -2.44. The van der Waals surface area contributed by atoms with Gasteiger partial charge in [0.25, 0.3) is 5.56 Å². The second-order valence-corrected chi connectivity index (χ2v) is 7.33. The van der Waals surface area contributed by atoms with Crippen molar-refractivity contribution in [1.29, 1.82) is 0 Å². The Morgan fingerprint density at radius 3 is 2.41 bits per heavy atom. The molecule has 150 valence electrons. The molecule has 0 spiro atoms. The third kappa shape index (κ3) is 3.84. The number of nitrogens with one attached hydrogen (secondary N) is 1. The predicted molar refractivity (Wildman–Crippen MR) is 115 cm³/mol. The highest BCUT2D eigenvalue weighted by atomic mass is 16.1. The van der Waals surface area contributed by atoms with E-state index in [0.717, 1.165) is 31.7 Å². The van der Waals surface area contributed by atoms with Gasteiger partial charge in [-0.25, -0.2) is 14.6 Å². The summed E-state index contributed by atoms with van der Waals surface area (Å²) in [5, 5.41) is 7.91. The van der Waals surface area contributed by atoms with Gasteiger partial charge in [0.2, 0.25) is 0 Å². The summed E-state index contributed by atoms with van der Waals surface area (Å²) in [6.45, 7) is 7.21. The van der Waals surface area contributed by atoms with Crippen LogP contribution >= 0.6 is 0 Å². The lowest BCUT2D eigenvalue weighted by atomic mass is 10.1. The van der Waals surface area contributed by atoms with Crippen molar-refractivity contribution in [1.82, 2.24) is 25.1 Å². The highest BCUT2D eigenvalue weighted by molar-refractivity contribution is 5.80. The van der Waals surface area contributed by atoms with E-state index in [1.165, 1.54) is 10.7 Å². The minimum atomic E-state index is -0.143. The lowest BCUT2D eigenvalue weighted by molar-refractivity contribution is 0.504. The summed E-state index contributed by atoms with van der Waals surface area (Å²) in [4.78, 5) is 24.0. The predicted octanol–water partition coefficient (Wildman–Crippen LogP) is 1.94. The molecule has 0 aliphatic carbocycles. The summed E-state index contributed by atoms with van der Waals surface area (Å²) < 4.78 is 1.46. The third-order valence-electron chi connectivity index (χ3n) is 4.92. The normalized spacial score (nSPS) is 14.4. The zero-order chi connectivity index (χ0) is 20.4. The fraction of sp³-hybridized carbons (Fsp3) is 0.333. The summed E-state index contributed by atoms with van der Waals surface area (Å²) in [7, 11) is 0. The van der Waals surface area contributed by atoms with Crippen molar-refractivity contribution < 1.29 is 0 Å². The van der Waals surface area contributed by atoms with Gasteiger partial charge >= 0.3 is 0 Å². The van der Waals surface area contributed by atoms with E-state index in [0.29, 0.717) is 28.7 Å². The van der Waals surface area contributed by atoms with Crippen LogP contribution in [-0.4, -0.2) is 45.9 Å². The number of nitrogen functional groups attached to an aromatic ring is 1. The smallest absolute Gasteiger partial charge is 0.267 e. The number of hydrogen-bond acceptors (Lipinski definition) is 7. The largest absolute Gasteiger partial charge is 0.381 e. The van der Waals surface area contributed by atoms with Gasteiger partial charge in [-0.2, -0.15) is 5.10 Å². The van der Waals surface area contributed by atoms with Gasteiger partial charge in [-0.15, -0.1) is 0 Å². The molecule has 3 heterocycles. The summed E-state index contributed by atoms with van der Waals surface area (Å²) in [5.74, 6) is 1.05. The lowest BCUT2D eigenvalue weighted by Gasteiger charge is -2.29. The van der Waals surface area contributed by atoms with Crippen LogP contribution in [0.3, 0.4) is 0 Å². The van der Waals surface area contributed by atoms with Crippen LogP contribution in [0.5, 0.6) is 0 Å². The van der Waals surface area contributed by atoms with E-state index in [9.17, 15) is 4.79 Å². The molecular formula is C21H25N7O. The van der Waals surface area contributed by atoms with Gasteiger partial charge in [0.15, 0.2) is 11.6 Å². The third-order valence-corrected chi connectivity index (χ3v) is 4.92. The van der Waals surface area contributed by atoms with Crippen molar-refractivity contribution in [3.63, 3.8) is 0 Å². The number of aromatic nitrogens is 4. The van der Waals surface area contributed by atoms with Crippen molar-refractivity contribution in [2.45, 2.75) is 19.9 Å². The fourth-order valence-electron chi connectivity index (χ4n) is 3.45. The van der Waals surface area contributed by atoms with Crippen molar-refractivity contribution in [2.24, 2.45) is 0 Å². The van der Waals surface area contributed by atoms with Crippen molar-refractivity contribution >= 4 is 11.6 Å². The molecule has 3 aromatic rings. The number of hydrogen-bond donors (Lipinski definition) is 2. The Hall–Kier alpha value is -3.26. The molecule has 0 bridgehead atoms. The first-order chi connectivity index (χ1) is 14.0. The Balaban J connectivity index is 1.92. The standard InChI is InChI=1S/C21H25N7O/c1-14(2)28-17(29)9-8-16(26-28)19-18(15-6-4-3-5-7-15)24-20(22)21(25-19)27-12-10-23-11-13-27/h3-9,14,23H,10-13H2,1-2H3,(H2,22,24). The molecule has 1 fully saturated rings. The van der Waals surface area contributed by atoms with E-state index >= 15 is 0 Å². The maximum absolute atomic E-state index is 12.2. The summed E-state index contributed by atoms with van der Waals surface area (Å²) in [6.07, 6.45) is 0. The number of rotatable bonds is 4. The number of anilines is 2. The quantitative estimate of drug-likeness (QED) is 0.701. The number of benzene rings is 1. The first-order valence-corrected chi connectivity index (χ1v) is 9.83. The van der Waals surface area contributed by atoms with Crippen LogP contribution in [0.25, 0.3) is 22.6 Å². The van der Waals surface area contributed by atoms with Gasteiger partial charge in [-0.05, 0) is 19.9 Å². The molecule has 1 aliphatic heterocycles. The minimum Gasteiger partial charge on any atom is -0.381 e. The van der Waals surface area contributed by atoms with Gasteiger partial charge < -0.3 is 16.0 Å². The molecule has 29 heavy (non-hydrogen) atoms. The van der Waals surface area contributed by atoms with Crippen LogP contribution in [0.4, 0.5) is 11.6 Å². The van der Waals surface area contributed by atoms with Gasteiger partial charge in [0, 0.05) is 37.8 Å². The van der Waals surface area contributed by atoms with Crippen molar-refractivity contribution in [3.05, 3.63) is 52.8 Å². The Morgan fingerprint density at radius 2 is 1.72 bits per heavy atom. The maximum atomic E-state index is 12.2.